The predicted molar refractivity (Wildman–Crippen MR) is 145 cm³/mol. The summed E-state index contributed by atoms with van der Waals surface area (Å²) in [7, 11) is 1.54. The molecule has 0 spiro atoms. The molecule has 2 aromatic carbocycles. The first-order chi connectivity index (χ1) is 18.8. The number of hydrogen-bond donors (Lipinski definition) is 2. The monoisotopic (exact) mass is 526 g/mol. The first-order valence-corrected chi connectivity index (χ1v) is 12.4. The Balaban J connectivity index is 1.55. The summed E-state index contributed by atoms with van der Waals surface area (Å²) in [5, 5.41) is 14.6. The van der Waals surface area contributed by atoms with Crippen molar-refractivity contribution in [2.75, 3.05) is 13.7 Å². The molecule has 10 heteroatoms. The molecule has 0 aliphatic carbocycles. The molecule has 2 N–H and O–H groups in total. The number of esters is 1. The Kier molecular flexibility index (Phi) is 6.84. The van der Waals surface area contributed by atoms with Crippen molar-refractivity contribution >= 4 is 29.4 Å². The van der Waals surface area contributed by atoms with Crippen LogP contribution >= 0.6 is 0 Å². The third-order valence-corrected chi connectivity index (χ3v) is 6.80. The lowest BCUT2D eigenvalue weighted by Gasteiger charge is -2.33. The number of carbonyl (C=O) groups excluding carboxylic acids is 2. The van der Waals surface area contributed by atoms with Gasteiger partial charge in [0, 0.05) is 28.9 Å². The molecule has 0 amide bonds. The summed E-state index contributed by atoms with van der Waals surface area (Å²) in [4.78, 5) is 45.7. The van der Waals surface area contributed by atoms with Crippen LogP contribution in [0.4, 0.5) is 5.69 Å². The molecule has 0 saturated heterocycles. The molecular weight excluding hydrogens is 500 g/mol. The molecule has 2 atom stereocenters. The number of rotatable bonds is 7. The Bertz CT molecular complexity index is 1580. The highest BCUT2D eigenvalue weighted by Crippen LogP contribution is 2.45. The number of ketones is 1. The Morgan fingerprint density at radius 1 is 1.10 bits per heavy atom. The topological polar surface area (TPSA) is 136 Å². The van der Waals surface area contributed by atoms with E-state index in [1.807, 2.05) is 18.2 Å². The highest BCUT2D eigenvalue weighted by molar-refractivity contribution is 6.21. The van der Waals surface area contributed by atoms with Gasteiger partial charge < -0.3 is 19.8 Å². The SMILES string of the molecule is CCOC(=O)C1=C(C)NC2=N/C(=C/c3ccc(-c4ccccc4[N+](=O)[O-])[nH]3)C(=O)C2C1c1ccccc1OC. The van der Waals surface area contributed by atoms with Crippen molar-refractivity contribution in [3.8, 4) is 17.0 Å². The van der Waals surface area contributed by atoms with Gasteiger partial charge in [-0.3, -0.25) is 14.9 Å². The minimum atomic E-state index is -0.791. The molecule has 10 nitrogen and oxygen atoms in total. The van der Waals surface area contributed by atoms with Crippen LogP contribution in [-0.4, -0.2) is 41.2 Å². The predicted octanol–water partition coefficient (Wildman–Crippen LogP) is 4.76. The maximum Gasteiger partial charge on any atom is 0.336 e. The van der Waals surface area contributed by atoms with Gasteiger partial charge in [0.2, 0.25) is 0 Å². The average Bonchev–Trinajstić information content (AvgIpc) is 3.52. The van der Waals surface area contributed by atoms with Gasteiger partial charge in [0.25, 0.3) is 5.69 Å². The molecule has 5 rings (SSSR count). The van der Waals surface area contributed by atoms with Gasteiger partial charge in [0.05, 0.1) is 41.4 Å². The molecule has 0 fully saturated rings. The number of nitro groups is 1. The largest absolute Gasteiger partial charge is 0.496 e. The first-order valence-electron chi connectivity index (χ1n) is 12.4. The van der Waals surface area contributed by atoms with Gasteiger partial charge in [-0.1, -0.05) is 30.3 Å². The number of nitro benzene ring substituents is 1. The molecule has 39 heavy (non-hydrogen) atoms. The quantitative estimate of drug-likeness (QED) is 0.196. The van der Waals surface area contributed by atoms with Gasteiger partial charge in [0.1, 0.15) is 17.3 Å². The van der Waals surface area contributed by atoms with Crippen LogP contribution in [0.15, 0.2) is 82.6 Å². The number of methoxy groups -OCH3 is 1. The van der Waals surface area contributed by atoms with Crippen LogP contribution in [0.5, 0.6) is 5.75 Å². The van der Waals surface area contributed by atoms with Crippen molar-refractivity contribution in [2.45, 2.75) is 19.8 Å². The van der Waals surface area contributed by atoms with Crippen LogP contribution in [-0.2, 0) is 14.3 Å². The number of allylic oxidation sites excluding steroid dienone is 2. The number of ether oxygens (including phenoxy) is 2. The van der Waals surface area contributed by atoms with Crippen LogP contribution < -0.4 is 10.1 Å². The third-order valence-electron chi connectivity index (χ3n) is 6.80. The van der Waals surface area contributed by atoms with E-state index in [0.717, 1.165) is 0 Å². The van der Waals surface area contributed by atoms with E-state index < -0.39 is 22.7 Å². The van der Waals surface area contributed by atoms with Crippen molar-refractivity contribution in [2.24, 2.45) is 10.9 Å². The third kappa shape index (κ3) is 4.61. The number of H-pyrrole nitrogens is 1. The van der Waals surface area contributed by atoms with Crippen LogP contribution in [0.1, 0.15) is 31.0 Å². The Labute approximate surface area is 224 Å². The number of benzene rings is 2. The van der Waals surface area contributed by atoms with E-state index in [9.17, 15) is 19.7 Å². The zero-order valence-electron chi connectivity index (χ0n) is 21.6. The fourth-order valence-corrected chi connectivity index (χ4v) is 5.12. The number of para-hydroxylation sites is 2. The number of fused-ring (bicyclic) bond motifs is 1. The molecule has 2 aliphatic rings. The van der Waals surface area contributed by atoms with Crippen molar-refractivity contribution in [1.82, 2.24) is 10.3 Å². The second-order valence-corrected chi connectivity index (χ2v) is 9.07. The summed E-state index contributed by atoms with van der Waals surface area (Å²) >= 11 is 0. The normalized spacial score (nSPS) is 19.4. The van der Waals surface area contributed by atoms with Gasteiger partial charge in [-0.05, 0) is 44.2 Å². The van der Waals surface area contributed by atoms with E-state index in [1.54, 1.807) is 56.3 Å². The van der Waals surface area contributed by atoms with Crippen molar-refractivity contribution in [3.05, 3.63) is 99.0 Å². The van der Waals surface area contributed by atoms with E-state index in [1.165, 1.54) is 13.2 Å². The summed E-state index contributed by atoms with van der Waals surface area (Å²) in [5.41, 5.74) is 3.26. The van der Waals surface area contributed by atoms with Gasteiger partial charge in [0.15, 0.2) is 5.78 Å². The fraction of sp³-hybridized carbons (Fsp3) is 0.207. The highest BCUT2D eigenvalue weighted by Gasteiger charge is 2.48. The smallest absolute Gasteiger partial charge is 0.336 e. The lowest BCUT2D eigenvalue weighted by atomic mass is 9.75. The van der Waals surface area contributed by atoms with Crippen molar-refractivity contribution in [3.63, 3.8) is 0 Å². The molecule has 1 aromatic heterocycles. The van der Waals surface area contributed by atoms with E-state index in [4.69, 9.17) is 9.47 Å². The summed E-state index contributed by atoms with van der Waals surface area (Å²) in [6.45, 7) is 3.67. The van der Waals surface area contributed by atoms with Crippen LogP contribution in [0.3, 0.4) is 0 Å². The molecule has 2 aliphatic heterocycles. The molecule has 0 bridgehead atoms. The zero-order valence-corrected chi connectivity index (χ0v) is 21.6. The number of aromatic amines is 1. The Morgan fingerprint density at radius 3 is 2.59 bits per heavy atom. The Morgan fingerprint density at radius 2 is 1.85 bits per heavy atom. The summed E-state index contributed by atoms with van der Waals surface area (Å²) < 4.78 is 10.9. The minimum Gasteiger partial charge on any atom is -0.496 e. The second-order valence-electron chi connectivity index (χ2n) is 9.07. The molecule has 3 aromatic rings. The summed E-state index contributed by atoms with van der Waals surface area (Å²) in [5.74, 6) is -1.28. The van der Waals surface area contributed by atoms with Gasteiger partial charge >= 0.3 is 5.97 Å². The van der Waals surface area contributed by atoms with E-state index in [0.29, 0.717) is 45.4 Å². The minimum absolute atomic E-state index is 0.0290. The van der Waals surface area contributed by atoms with E-state index in [-0.39, 0.29) is 23.8 Å². The molecule has 0 radical (unpaired) electrons. The van der Waals surface area contributed by atoms with Gasteiger partial charge in [-0.2, -0.15) is 0 Å². The number of carbonyl (C=O) groups is 2. The molecule has 2 unspecified atom stereocenters. The standard InChI is InChI=1S/C29H26N4O6/c1-4-39-29(35)24-16(2)30-28-26(25(24)19-10-6-8-12-23(19)38-3)27(34)21(32-28)15-17-13-14-20(31-17)18-9-5-7-11-22(18)33(36)37/h5-15,25-26,31H,4H2,1-3H3,(H,30,32)/b21-15+. The molecule has 3 heterocycles. The van der Waals surface area contributed by atoms with E-state index >= 15 is 0 Å². The number of hydrogen-bond acceptors (Lipinski definition) is 8. The molecule has 198 valence electrons. The lowest BCUT2D eigenvalue weighted by Crippen LogP contribution is -2.42. The van der Waals surface area contributed by atoms with Gasteiger partial charge in [-0.25, -0.2) is 9.79 Å². The molecule has 0 saturated carbocycles. The maximum atomic E-state index is 13.8. The number of Topliss-reactive ketones (excluding diaryl/α,β-unsaturated/α-hetero) is 1. The number of aromatic nitrogens is 1. The summed E-state index contributed by atoms with van der Waals surface area (Å²) in [6.07, 6.45) is 1.60. The molecular formula is C29H26N4O6. The van der Waals surface area contributed by atoms with Crippen LogP contribution in [0, 0.1) is 16.0 Å². The lowest BCUT2D eigenvalue weighted by molar-refractivity contribution is -0.384. The first kappa shape index (κ1) is 25.7. The summed E-state index contributed by atoms with van der Waals surface area (Å²) in [6, 6.07) is 17.1. The van der Waals surface area contributed by atoms with Crippen LogP contribution in [0.2, 0.25) is 0 Å². The van der Waals surface area contributed by atoms with Crippen LogP contribution in [0.25, 0.3) is 17.3 Å². The average molecular weight is 527 g/mol. The zero-order chi connectivity index (χ0) is 27.7. The number of aliphatic imine (C=N–C) groups is 1. The fourth-order valence-electron chi connectivity index (χ4n) is 5.12. The number of amidine groups is 1. The second kappa shape index (κ2) is 10.4. The highest BCUT2D eigenvalue weighted by atomic mass is 16.6. The van der Waals surface area contributed by atoms with E-state index in [2.05, 4.69) is 15.3 Å². The Hall–Kier alpha value is -4.99. The van der Waals surface area contributed by atoms with Gasteiger partial charge in [-0.15, -0.1) is 0 Å². The number of nitrogens with one attached hydrogen (secondary N) is 2. The van der Waals surface area contributed by atoms with Crippen molar-refractivity contribution in [1.29, 1.82) is 0 Å². The number of nitrogens with zero attached hydrogens (tertiary/aromatic N) is 2. The maximum absolute atomic E-state index is 13.8. The van der Waals surface area contributed by atoms with Crippen molar-refractivity contribution < 1.29 is 24.0 Å².